The van der Waals surface area contributed by atoms with Crippen molar-refractivity contribution in [3.63, 3.8) is 0 Å². The molecule has 28 heavy (non-hydrogen) atoms. The van der Waals surface area contributed by atoms with Gasteiger partial charge in [0.2, 0.25) is 10.0 Å². The average Bonchev–Trinajstić information content (AvgIpc) is 2.72. The largest absolute Gasteiger partial charge is 0.354 e. The van der Waals surface area contributed by atoms with Crippen molar-refractivity contribution in [2.75, 3.05) is 24.5 Å². The zero-order valence-electron chi connectivity index (χ0n) is 14.9. The van der Waals surface area contributed by atoms with Crippen molar-refractivity contribution >= 4 is 21.5 Å². The van der Waals surface area contributed by atoms with E-state index < -0.39 is 14.9 Å². The van der Waals surface area contributed by atoms with Gasteiger partial charge in [0.25, 0.3) is 5.69 Å². The molecule has 0 amide bonds. The number of rotatable bonds is 6. The van der Waals surface area contributed by atoms with Crippen molar-refractivity contribution < 1.29 is 13.3 Å². The lowest BCUT2D eigenvalue weighted by molar-refractivity contribution is -0.384. The van der Waals surface area contributed by atoms with Gasteiger partial charge in [-0.3, -0.25) is 10.1 Å². The Hall–Kier alpha value is -3.10. The first-order valence-corrected chi connectivity index (χ1v) is 10.1. The molecule has 0 aliphatic carbocycles. The molecule has 10 nitrogen and oxygen atoms in total. The fraction of sp³-hybridized carbons (Fsp3) is 0.353. The molecule has 3 rings (SSSR count). The van der Waals surface area contributed by atoms with Crippen LogP contribution in [0.1, 0.15) is 18.5 Å². The van der Waals surface area contributed by atoms with Gasteiger partial charge in [0, 0.05) is 44.2 Å². The van der Waals surface area contributed by atoms with Gasteiger partial charge in [0.15, 0.2) is 11.5 Å². The topological polar surface area (TPSA) is 142 Å². The van der Waals surface area contributed by atoms with Gasteiger partial charge >= 0.3 is 0 Å². The average molecular weight is 402 g/mol. The zero-order chi connectivity index (χ0) is 20.1. The van der Waals surface area contributed by atoms with Gasteiger partial charge < -0.3 is 4.90 Å². The molecule has 2 aromatic rings. The van der Waals surface area contributed by atoms with Crippen LogP contribution in [-0.4, -0.2) is 42.9 Å². The molecule has 1 aromatic heterocycles. The van der Waals surface area contributed by atoms with Crippen molar-refractivity contribution in [1.82, 2.24) is 14.7 Å². The Bertz CT molecular complexity index is 995. The molecule has 0 spiro atoms. The third-order valence-electron chi connectivity index (χ3n) is 4.62. The van der Waals surface area contributed by atoms with E-state index in [0.717, 1.165) is 12.8 Å². The highest BCUT2D eigenvalue weighted by Crippen LogP contribution is 2.23. The number of hydrogen-bond acceptors (Lipinski definition) is 8. The van der Waals surface area contributed by atoms with Crippen LogP contribution in [-0.2, 0) is 10.0 Å². The maximum atomic E-state index is 12.4. The SMILES string of the molecule is N#Cc1nccnc1N1CCC(CNS(=O)(=O)c2ccc([N+](=O)[O-])cc2)CC1. The quantitative estimate of drug-likeness (QED) is 0.565. The number of hydrogen-bond donors (Lipinski definition) is 1. The summed E-state index contributed by atoms with van der Waals surface area (Å²) in [4.78, 5) is 20.3. The molecule has 11 heteroatoms. The molecule has 1 aromatic carbocycles. The minimum absolute atomic E-state index is 0.00578. The molecule has 0 bridgehead atoms. The molecular formula is C17H18N6O4S. The smallest absolute Gasteiger partial charge is 0.269 e. The number of nitro groups is 1. The fourth-order valence-electron chi connectivity index (χ4n) is 3.05. The van der Waals surface area contributed by atoms with Crippen LogP contribution < -0.4 is 9.62 Å². The number of nitrogens with one attached hydrogen (secondary N) is 1. The summed E-state index contributed by atoms with van der Waals surface area (Å²) in [5.41, 5.74) is 0.117. The summed E-state index contributed by atoms with van der Waals surface area (Å²) in [6.45, 7) is 1.58. The Morgan fingerprint density at radius 1 is 1.21 bits per heavy atom. The van der Waals surface area contributed by atoms with Crippen LogP contribution in [0.25, 0.3) is 0 Å². The second-order valence-corrected chi connectivity index (χ2v) is 8.14. The predicted octanol–water partition coefficient (Wildman–Crippen LogP) is 1.45. The summed E-state index contributed by atoms with van der Waals surface area (Å²) in [5.74, 6) is 0.696. The first-order chi connectivity index (χ1) is 13.4. The van der Waals surface area contributed by atoms with E-state index in [1.165, 1.54) is 30.5 Å². The van der Waals surface area contributed by atoms with Crippen LogP contribution in [0.15, 0.2) is 41.6 Å². The number of benzene rings is 1. The minimum Gasteiger partial charge on any atom is -0.354 e. The van der Waals surface area contributed by atoms with Gasteiger partial charge in [-0.1, -0.05) is 0 Å². The molecule has 1 N–H and O–H groups in total. The van der Waals surface area contributed by atoms with Crippen LogP contribution in [0.4, 0.5) is 11.5 Å². The van der Waals surface area contributed by atoms with E-state index in [9.17, 15) is 18.5 Å². The third-order valence-corrected chi connectivity index (χ3v) is 6.06. The van der Waals surface area contributed by atoms with Gasteiger partial charge in [-0.15, -0.1) is 0 Å². The number of nitrogens with zero attached hydrogens (tertiary/aromatic N) is 5. The number of non-ortho nitro benzene ring substituents is 1. The zero-order valence-corrected chi connectivity index (χ0v) is 15.7. The van der Waals surface area contributed by atoms with Crippen molar-refractivity contribution in [2.24, 2.45) is 5.92 Å². The summed E-state index contributed by atoms with van der Waals surface area (Å²) < 4.78 is 27.3. The molecule has 1 aliphatic heterocycles. The molecule has 1 fully saturated rings. The Balaban J connectivity index is 1.56. The standard InChI is InChI=1S/C17H18N6O4S/c18-11-16-17(20-8-7-19-16)22-9-5-13(6-10-22)12-21-28(26,27)15-3-1-14(2-4-15)23(24)25/h1-4,7-8,13,21H,5-6,9-10,12H2. The van der Waals surface area contributed by atoms with Crippen molar-refractivity contribution in [2.45, 2.75) is 17.7 Å². The van der Waals surface area contributed by atoms with E-state index in [1.807, 2.05) is 11.0 Å². The maximum absolute atomic E-state index is 12.4. The molecule has 1 aliphatic rings. The molecule has 0 atom stereocenters. The third kappa shape index (κ3) is 4.41. The number of piperidine rings is 1. The highest BCUT2D eigenvalue weighted by molar-refractivity contribution is 7.89. The van der Waals surface area contributed by atoms with E-state index in [-0.39, 0.29) is 28.7 Å². The van der Waals surface area contributed by atoms with Crippen LogP contribution in [0, 0.1) is 27.4 Å². The van der Waals surface area contributed by atoms with Gasteiger partial charge in [-0.05, 0) is 30.9 Å². The van der Waals surface area contributed by atoms with E-state index in [1.54, 1.807) is 6.20 Å². The lowest BCUT2D eigenvalue weighted by atomic mass is 9.97. The molecule has 0 unspecified atom stereocenters. The van der Waals surface area contributed by atoms with Crippen LogP contribution >= 0.6 is 0 Å². The Kier molecular flexibility index (Phi) is 5.81. The molecule has 2 heterocycles. The fourth-order valence-corrected chi connectivity index (χ4v) is 4.16. The lowest BCUT2D eigenvalue weighted by Crippen LogP contribution is -2.39. The Morgan fingerprint density at radius 2 is 1.86 bits per heavy atom. The monoisotopic (exact) mass is 402 g/mol. The van der Waals surface area contributed by atoms with Crippen LogP contribution in [0.3, 0.4) is 0 Å². The second kappa shape index (κ2) is 8.28. The minimum atomic E-state index is -3.73. The first kappa shape index (κ1) is 19.7. The first-order valence-electron chi connectivity index (χ1n) is 8.61. The van der Waals surface area contributed by atoms with Gasteiger partial charge in [0.1, 0.15) is 6.07 Å². The molecule has 146 valence electrons. The van der Waals surface area contributed by atoms with Gasteiger partial charge in [0.05, 0.1) is 9.82 Å². The molecule has 0 saturated carbocycles. The van der Waals surface area contributed by atoms with Gasteiger partial charge in [-0.2, -0.15) is 5.26 Å². The van der Waals surface area contributed by atoms with Crippen molar-refractivity contribution in [3.8, 4) is 6.07 Å². The molecular weight excluding hydrogens is 384 g/mol. The van der Waals surface area contributed by atoms with E-state index in [4.69, 9.17) is 5.26 Å². The van der Waals surface area contributed by atoms with Gasteiger partial charge in [-0.25, -0.2) is 23.1 Å². The summed E-state index contributed by atoms with van der Waals surface area (Å²) in [5, 5.41) is 19.8. The number of aromatic nitrogens is 2. The van der Waals surface area contributed by atoms with E-state index >= 15 is 0 Å². The summed E-state index contributed by atoms with van der Waals surface area (Å²) >= 11 is 0. The van der Waals surface area contributed by atoms with E-state index in [0.29, 0.717) is 18.9 Å². The highest BCUT2D eigenvalue weighted by Gasteiger charge is 2.24. The van der Waals surface area contributed by atoms with Crippen molar-refractivity contribution in [1.29, 1.82) is 5.26 Å². The lowest BCUT2D eigenvalue weighted by Gasteiger charge is -2.32. The maximum Gasteiger partial charge on any atom is 0.269 e. The Morgan fingerprint density at radius 3 is 2.46 bits per heavy atom. The summed E-state index contributed by atoms with van der Waals surface area (Å²) in [6, 6.07) is 6.81. The van der Waals surface area contributed by atoms with E-state index in [2.05, 4.69) is 14.7 Å². The Labute approximate surface area is 162 Å². The highest BCUT2D eigenvalue weighted by atomic mass is 32.2. The normalized spacial score (nSPS) is 15.2. The second-order valence-electron chi connectivity index (χ2n) is 6.37. The summed E-state index contributed by atoms with van der Waals surface area (Å²) in [7, 11) is -3.73. The number of anilines is 1. The van der Waals surface area contributed by atoms with Crippen LogP contribution in [0.2, 0.25) is 0 Å². The van der Waals surface area contributed by atoms with Crippen LogP contribution in [0.5, 0.6) is 0 Å². The van der Waals surface area contributed by atoms with Crippen molar-refractivity contribution in [3.05, 3.63) is 52.5 Å². The summed E-state index contributed by atoms with van der Waals surface area (Å²) in [6.07, 6.45) is 4.50. The predicted molar refractivity (Wildman–Crippen MR) is 100.0 cm³/mol. The number of nitro benzene ring substituents is 1. The number of sulfonamides is 1. The molecule has 0 radical (unpaired) electrons. The number of nitriles is 1. The molecule has 1 saturated heterocycles.